The standard InChI is InChI=1S/C12H10N4O/c1-17-11-8-7-10-13-12(15-16(10)14-11)9-5-3-2-4-6-9/h2-8H,1H3. The van der Waals surface area contributed by atoms with Crippen molar-refractivity contribution >= 4 is 5.65 Å². The summed E-state index contributed by atoms with van der Waals surface area (Å²) in [5.74, 6) is 1.17. The number of benzene rings is 1. The molecule has 2 heterocycles. The fourth-order valence-corrected chi connectivity index (χ4v) is 1.58. The summed E-state index contributed by atoms with van der Waals surface area (Å²) in [6.07, 6.45) is 0. The molecule has 0 radical (unpaired) electrons. The van der Waals surface area contributed by atoms with E-state index >= 15 is 0 Å². The second kappa shape index (κ2) is 3.86. The molecule has 0 amide bonds. The molecular weight excluding hydrogens is 216 g/mol. The Balaban J connectivity index is 2.14. The van der Waals surface area contributed by atoms with Crippen LogP contribution in [0.5, 0.6) is 5.88 Å². The number of hydrogen-bond acceptors (Lipinski definition) is 4. The maximum absolute atomic E-state index is 5.04. The molecule has 0 saturated heterocycles. The van der Waals surface area contributed by atoms with E-state index in [9.17, 15) is 0 Å². The highest BCUT2D eigenvalue weighted by Gasteiger charge is 2.07. The molecule has 0 aliphatic rings. The Labute approximate surface area is 97.7 Å². The first-order valence-corrected chi connectivity index (χ1v) is 5.20. The maximum Gasteiger partial charge on any atom is 0.233 e. The van der Waals surface area contributed by atoms with E-state index in [1.165, 1.54) is 4.63 Å². The van der Waals surface area contributed by atoms with Gasteiger partial charge in [-0.05, 0) is 6.07 Å². The molecule has 2 aromatic heterocycles. The fraction of sp³-hybridized carbons (Fsp3) is 0.0833. The molecule has 84 valence electrons. The Bertz CT molecular complexity index is 648. The van der Waals surface area contributed by atoms with Crippen molar-refractivity contribution in [2.24, 2.45) is 0 Å². The summed E-state index contributed by atoms with van der Waals surface area (Å²) in [7, 11) is 1.57. The molecule has 5 nitrogen and oxygen atoms in total. The highest BCUT2D eigenvalue weighted by atomic mass is 16.5. The van der Waals surface area contributed by atoms with Crippen LogP contribution in [0.3, 0.4) is 0 Å². The van der Waals surface area contributed by atoms with Gasteiger partial charge in [0.1, 0.15) is 0 Å². The Morgan fingerprint density at radius 1 is 1.00 bits per heavy atom. The first-order valence-electron chi connectivity index (χ1n) is 5.20. The summed E-state index contributed by atoms with van der Waals surface area (Å²) >= 11 is 0. The van der Waals surface area contributed by atoms with Gasteiger partial charge in [0.25, 0.3) is 0 Å². The summed E-state index contributed by atoms with van der Waals surface area (Å²) < 4.78 is 6.51. The molecule has 0 aliphatic heterocycles. The molecule has 0 saturated carbocycles. The Kier molecular flexibility index (Phi) is 2.22. The van der Waals surface area contributed by atoms with Crippen LogP contribution in [0.15, 0.2) is 42.5 Å². The highest BCUT2D eigenvalue weighted by molar-refractivity contribution is 5.57. The lowest BCUT2D eigenvalue weighted by molar-refractivity contribution is 0.387. The predicted octanol–water partition coefficient (Wildman–Crippen LogP) is 1.80. The molecule has 3 rings (SSSR count). The average Bonchev–Trinajstić information content (AvgIpc) is 2.82. The van der Waals surface area contributed by atoms with Crippen LogP contribution in [0, 0.1) is 0 Å². The van der Waals surface area contributed by atoms with Gasteiger partial charge >= 0.3 is 0 Å². The van der Waals surface area contributed by atoms with Crippen LogP contribution in [0.25, 0.3) is 17.0 Å². The molecule has 0 aliphatic carbocycles. The topological polar surface area (TPSA) is 52.3 Å². The highest BCUT2D eigenvalue weighted by Crippen LogP contribution is 2.15. The largest absolute Gasteiger partial charge is 0.480 e. The molecule has 0 unspecified atom stereocenters. The number of aromatic nitrogens is 4. The third-order valence-electron chi connectivity index (χ3n) is 2.42. The Morgan fingerprint density at radius 2 is 1.82 bits per heavy atom. The Morgan fingerprint density at radius 3 is 2.59 bits per heavy atom. The first kappa shape index (κ1) is 9.77. The van der Waals surface area contributed by atoms with E-state index in [0.717, 1.165) is 5.56 Å². The summed E-state index contributed by atoms with van der Waals surface area (Å²) in [6, 6.07) is 13.4. The number of ether oxygens (including phenoxy) is 1. The zero-order valence-electron chi connectivity index (χ0n) is 9.24. The molecule has 0 N–H and O–H groups in total. The van der Waals surface area contributed by atoms with Crippen LogP contribution in [-0.4, -0.2) is 26.9 Å². The normalized spacial score (nSPS) is 10.6. The summed E-state index contributed by atoms with van der Waals surface area (Å²) in [5.41, 5.74) is 1.67. The minimum absolute atomic E-state index is 0.516. The number of fused-ring (bicyclic) bond motifs is 1. The van der Waals surface area contributed by atoms with Gasteiger partial charge in [-0.1, -0.05) is 30.3 Å². The molecule has 0 fully saturated rings. The van der Waals surface area contributed by atoms with Gasteiger partial charge in [-0.3, -0.25) is 0 Å². The van der Waals surface area contributed by atoms with E-state index < -0.39 is 0 Å². The second-order valence-corrected chi connectivity index (χ2v) is 3.52. The van der Waals surface area contributed by atoms with Crippen molar-refractivity contribution in [3.05, 3.63) is 42.5 Å². The second-order valence-electron chi connectivity index (χ2n) is 3.52. The van der Waals surface area contributed by atoms with Crippen molar-refractivity contribution in [3.63, 3.8) is 0 Å². The van der Waals surface area contributed by atoms with E-state index in [1.807, 2.05) is 36.4 Å². The van der Waals surface area contributed by atoms with E-state index in [1.54, 1.807) is 13.2 Å². The summed E-state index contributed by atoms with van der Waals surface area (Å²) in [5, 5.41) is 8.47. The van der Waals surface area contributed by atoms with Gasteiger partial charge < -0.3 is 4.74 Å². The lowest BCUT2D eigenvalue weighted by Gasteiger charge is -1.95. The van der Waals surface area contributed by atoms with Crippen LogP contribution in [-0.2, 0) is 0 Å². The monoisotopic (exact) mass is 226 g/mol. The van der Waals surface area contributed by atoms with Gasteiger partial charge in [0, 0.05) is 11.6 Å². The number of nitrogens with zero attached hydrogens (tertiary/aromatic N) is 4. The molecule has 0 bridgehead atoms. The SMILES string of the molecule is COc1ccc2nc(-c3ccccc3)nn2n1. The van der Waals surface area contributed by atoms with Gasteiger partial charge in [0.2, 0.25) is 5.88 Å². The van der Waals surface area contributed by atoms with Crippen molar-refractivity contribution in [1.29, 1.82) is 0 Å². The molecule has 0 spiro atoms. The van der Waals surface area contributed by atoms with Crippen LogP contribution >= 0.6 is 0 Å². The predicted molar refractivity (Wildman–Crippen MR) is 62.8 cm³/mol. The number of hydrogen-bond donors (Lipinski definition) is 0. The first-order chi connectivity index (χ1) is 8.36. The molecule has 0 atom stereocenters. The summed E-state index contributed by atoms with van der Waals surface area (Å²) in [4.78, 5) is 4.39. The lowest BCUT2D eigenvalue weighted by Crippen LogP contribution is -1.96. The zero-order valence-corrected chi connectivity index (χ0v) is 9.24. The number of rotatable bonds is 2. The smallest absolute Gasteiger partial charge is 0.233 e. The van der Waals surface area contributed by atoms with Crippen molar-refractivity contribution in [1.82, 2.24) is 19.8 Å². The quantitative estimate of drug-likeness (QED) is 0.668. The van der Waals surface area contributed by atoms with Gasteiger partial charge in [-0.2, -0.15) is 0 Å². The van der Waals surface area contributed by atoms with Gasteiger partial charge in [-0.25, -0.2) is 4.98 Å². The molecule has 1 aromatic carbocycles. The fourth-order valence-electron chi connectivity index (χ4n) is 1.58. The minimum Gasteiger partial charge on any atom is -0.480 e. The average molecular weight is 226 g/mol. The van der Waals surface area contributed by atoms with E-state index in [2.05, 4.69) is 15.2 Å². The third-order valence-corrected chi connectivity index (χ3v) is 2.42. The molecule has 5 heteroatoms. The molecular formula is C12H10N4O. The van der Waals surface area contributed by atoms with Crippen molar-refractivity contribution in [3.8, 4) is 17.3 Å². The van der Waals surface area contributed by atoms with E-state index in [4.69, 9.17) is 4.74 Å². The van der Waals surface area contributed by atoms with Gasteiger partial charge in [0.15, 0.2) is 11.5 Å². The van der Waals surface area contributed by atoms with Crippen LogP contribution in [0.1, 0.15) is 0 Å². The van der Waals surface area contributed by atoms with Crippen LogP contribution in [0.4, 0.5) is 0 Å². The third kappa shape index (κ3) is 1.71. The maximum atomic E-state index is 5.04. The number of methoxy groups -OCH3 is 1. The molecule has 3 aromatic rings. The summed E-state index contributed by atoms with van der Waals surface area (Å²) in [6.45, 7) is 0. The van der Waals surface area contributed by atoms with E-state index in [-0.39, 0.29) is 0 Å². The van der Waals surface area contributed by atoms with Crippen molar-refractivity contribution < 1.29 is 4.74 Å². The molecule has 17 heavy (non-hydrogen) atoms. The lowest BCUT2D eigenvalue weighted by atomic mass is 10.2. The van der Waals surface area contributed by atoms with Crippen molar-refractivity contribution in [2.75, 3.05) is 7.11 Å². The van der Waals surface area contributed by atoms with Gasteiger partial charge in [-0.15, -0.1) is 14.8 Å². The van der Waals surface area contributed by atoms with Crippen LogP contribution < -0.4 is 4.74 Å². The van der Waals surface area contributed by atoms with Crippen molar-refractivity contribution in [2.45, 2.75) is 0 Å². The van der Waals surface area contributed by atoms with E-state index in [0.29, 0.717) is 17.4 Å². The van der Waals surface area contributed by atoms with Crippen LogP contribution in [0.2, 0.25) is 0 Å². The Hall–Kier alpha value is -2.43. The van der Waals surface area contributed by atoms with Gasteiger partial charge in [0.05, 0.1) is 7.11 Å². The zero-order chi connectivity index (χ0) is 11.7. The minimum atomic E-state index is 0.516.